The van der Waals surface area contributed by atoms with Gasteiger partial charge in [0.2, 0.25) is 0 Å². The van der Waals surface area contributed by atoms with E-state index in [2.05, 4.69) is 9.88 Å². The Bertz CT molecular complexity index is 1330. The lowest BCUT2D eigenvalue weighted by Gasteiger charge is -2.33. The Balaban J connectivity index is 0.00000195. The van der Waals surface area contributed by atoms with Crippen LogP contribution in [-0.4, -0.2) is 79.5 Å². The maximum atomic E-state index is 13.4. The van der Waals surface area contributed by atoms with Crippen LogP contribution in [0.5, 0.6) is 5.75 Å². The molecular formula is C27H38ClN5O4S. The Kier molecular flexibility index (Phi) is 11.1. The number of fused-ring (bicyclic) bond motifs is 1. The molecular weight excluding hydrogens is 526 g/mol. The minimum absolute atomic E-state index is 0.298. The van der Waals surface area contributed by atoms with Gasteiger partial charge in [-0.1, -0.05) is 27.2 Å². The van der Waals surface area contributed by atoms with E-state index in [9.17, 15) is 13.8 Å². The Labute approximate surface area is 231 Å². The fourth-order valence-corrected chi connectivity index (χ4v) is 6.08. The number of nitrogens with zero attached hydrogens (tertiary/aromatic N) is 4. The van der Waals surface area contributed by atoms with Crippen molar-refractivity contribution < 1.29 is 13.7 Å². The first-order valence-corrected chi connectivity index (χ1v) is 14.9. The predicted octanol–water partition coefficient (Wildman–Crippen LogP) is 4.07. The number of aromatic amines is 1. The van der Waals surface area contributed by atoms with Crippen LogP contribution in [0.15, 0.2) is 27.9 Å². The molecule has 0 radical (unpaired) electrons. The number of H-pyrrole nitrogens is 1. The number of carbonyl (C=O) groups is 1. The van der Waals surface area contributed by atoms with Crippen molar-refractivity contribution in [2.45, 2.75) is 52.4 Å². The number of aryl methyl sites for hydroxylation is 2. The molecule has 9 nitrogen and oxygen atoms in total. The van der Waals surface area contributed by atoms with E-state index in [1.54, 1.807) is 29.6 Å². The van der Waals surface area contributed by atoms with Crippen LogP contribution >= 0.6 is 11.6 Å². The van der Waals surface area contributed by atoms with E-state index in [-0.39, 0.29) is 5.56 Å². The lowest BCUT2D eigenvalue weighted by Crippen LogP contribution is -2.47. The third-order valence-electron chi connectivity index (χ3n) is 6.46. The third kappa shape index (κ3) is 6.20. The summed E-state index contributed by atoms with van der Waals surface area (Å²) in [5, 5.41) is 4.73. The third-order valence-corrected chi connectivity index (χ3v) is 8.12. The number of aromatic nitrogens is 3. The summed E-state index contributed by atoms with van der Waals surface area (Å²) in [6, 6.07) is 5.33. The highest BCUT2D eigenvalue weighted by atomic mass is 35.5. The molecule has 38 heavy (non-hydrogen) atoms. The lowest BCUT2D eigenvalue weighted by atomic mass is 10.1. The summed E-state index contributed by atoms with van der Waals surface area (Å²) in [6.07, 6.45) is 2.19. The van der Waals surface area contributed by atoms with Gasteiger partial charge in [0.25, 0.3) is 5.56 Å². The normalized spacial score (nSPS) is 15.2. The molecule has 1 N–H and O–H groups in total. The van der Waals surface area contributed by atoms with Gasteiger partial charge in [-0.05, 0) is 44.0 Å². The summed E-state index contributed by atoms with van der Waals surface area (Å²) in [7, 11) is -1.38. The van der Waals surface area contributed by atoms with Crippen LogP contribution in [0.4, 0.5) is 0 Å². The van der Waals surface area contributed by atoms with E-state index in [1.165, 1.54) is 0 Å². The first-order chi connectivity index (χ1) is 18.4. The van der Waals surface area contributed by atoms with Crippen LogP contribution in [0.1, 0.15) is 55.7 Å². The number of carbonyl (C=O) groups excluding carboxylic acids is 1. The standard InChI is InChI=1S/C25H32ClN5O4S.C2H6/c1-4-6-21-20(16-32)17(3)23-25(33)27-24(28-31(21)23)19-15-18(7-8-22(19)35-5-2)36(34)30-13-11-29(10-9-26)12-14-30;1-2/h7-8,15-16H,4-6,9-14H2,1-3H3,(H,27,28,33);1-2H3. The highest BCUT2D eigenvalue weighted by molar-refractivity contribution is 7.82. The van der Waals surface area contributed by atoms with Gasteiger partial charge < -0.3 is 9.72 Å². The molecule has 11 heteroatoms. The fourth-order valence-electron chi connectivity index (χ4n) is 4.65. The van der Waals surface area contributed by atoms with Gasteiger partial charge in [0.05, 0.1) is 22.8 Å². The molecule has 1 atom stereocenters. The largest absolute Gasteiger partial charge is 0.493 e. The second-order valence-electron chi connectivity index (χ2n) is 8.72. The zero-order valence-electron chi connectivity index (χ0n) is 22.9. The van der Waals surface area contributed by atoms with Crippen molar-refractivity contribution in [2.75, 3.05) is 45.2 Å². The number of aldehydes is 1. The van der Waals surface area contributed by atoms with E-state index in [4.69, 9.17) is 21.4 Å². The van der Waals surface area contributed by atoms with Crippen molar-refractivity contribution >= 4 is 34.4 Å². The van der Waals surface area contributed by atoms with Gasteiger partial charge in [0.1, 0.15) is 22.3 Å². The van der Waals surface area contributed by atoms with Gasteiger partial charge in [0.15, 0.2) is 12.1 Å². The molecule has 1 aliphatic rings. The maximum absolute atomic E-state index is 13.4. The van der Waals surface area contributed by atoms with Crippen molar-refractivity contribution in [1.82, 2.24) is 23.8 Å². The number of hydrogen-bond donors (Lipinski definition) is 1. The summed E-state index contributed by atoms with van der Waals surface area (Å²) in [4.78, 5) is 30.7. The van der Waals surface area contributed by atoms with Crippen LogP contribution < -0.4 is 10.3 Å². The maximum Gasteiger partial charge on any atom is 0.275 e. The van der Waals surface area contributed by atoms with Crippen LogP contribution in [0.3, 0.4) is 0 Å². The van der Waals surface area contributed by atoms with Crippen LogP contribution in [0, 0.1) is 6.92 Å². The van der Waals surface area contributed by atoms with E-state index in [0.717, 1.165) is 32.3 Å². The Morgan fingerprint density at radius 1 is 1.18 bits per heavy atom. The second-order valence-corrected chi connectivity index (χ2v) is 10.6. The molecule has 1 fully saturated rings. The average molecular weight is 564 g/mol. The molecule has 2 aromatic heterocycles. The number of benzene rings is 1. The lowest BCUT2D eigenvalue weighted by molar-refractivity contribution is 0.112. The molecule has 1 aliphatic heterocycles. The number of rotatable bonds is 10. The second kappa shape index (κ2) is 14.0. The summed E-state index contributed by atoms with van der Waals surface area (Å²) in [6.45, 7) is 13.8. The van der Waals surface area contributed by atoms with Gasteiger partial charge in [-0.15, -0.1) is 16.7 Å². The van der Waals surface area contributed by atoms with Gasteiger partial charge in [0, 0.05) is 44.2 Å². The molecule has 0 aliphatic carbocycles. The zero-order chi connectivity index (χ0) is 27.8. The van der Waals surface area contributed by atoms with Crippen LogP contribution in [0.2, 0.25) is 0 Å². The van der Waals surface area contributed by atoms with Gasteiger partial charge in [-0.25, -0.2) is 13.0 Å². The Hall–Kier alpha value is -2.53. The van der Waals surface area contributed by atoms with E-state index in [0.29, 0.717) is 76.4 Å². The van der Waals surface area contributed by atoms with E-state index in [1.807, 2.05) is 32.0 Å². The van der Waals surface area contributed by atoms with Crippen molar-refractivity contribution in [3.05, 3.63) is 45.4 Å². The number of ether oxygens (including phenoxy) is 1. The summed E-state index contributed by atoms with van der Waals surface area (Å²) in [5.74, 6) is 1.41. The first-order valence-electron chi connectivity index (χ1n) is 13.2. The smallest absolute Gasteiger partial charge is 0.275 e. The summed E-state index contributed by atoms with van der Waals surface area (Å²) in [5.41, 5.74) is 2.38. The van der Waals surface area contributed by atoms with Crippen molar-refractivity contribution in [3.8, 4) is 17.1 Å². The first kappa shape index (κ1) is 30.0. The van der Waals surface area contributed by atoms with Crippen molar-refractivity contribution in [3.63, 3.8) is 0 Å². The van der Waals surface area contributed by atoms with Crippen molar-refractivity contribution in [2.24, 2.45) is 0 Å². The number of alkyl halides is 1. The molecule has 3 heterocycles. The SMILES string of the molecule is CC.CCCc1c(C=O)c(C)c2c(=O)[nH]c(-c3cc(S(=O)N4CCN(CCCl)CC4)ccc3OCC)nn12. The molecule has 0 spiro atoms. The molecule has 3 aromatic rings. The molecule has 1 saturated heterocycles. The number of nitrogens with one attached hydrogen (secondary N) is 1. The molecule has 1 aromatic carbocycles. The molecule has 0 bridgehead atoms. The van der Waals surface area contributed by atoms with E-state index >= 15 is 0 Å². The topological polar surface area (TPSA) is 100 Å². The quantitative estimate of drug-likeness (QED) is 0.295. The van der Waals surface area contributed by atoms with Gasteiger partial charge in [-0.3, -0.25) is 14.5 Å². The highest BCUT2D eigenvalue weighted by Gasteiger charge is 2.24. The molecule has 208 valence electrons. The highest BCUT2D eigenvalue weighted by Crippen LogP contribution is 2.31. The predicted molar refractivity (Wildman–Crippen MR) is 153 cm³/mol. The van der Waals surface area contributed by atoms with Crippen LogP contribution in [0.25, 0.3) is 16.9 Å². The van der Waals surface area contributed by atoms with Gasteiger partial charge >= 0.3 is 0 Å². The Morgan fingerprint density at radius 3 is 2.50 bits per heavy atom. The number of hydrogen-bond acceptors (Lipinski definition) is 6. The molecule has 0 saturated carbocycles. The number of piperazine rings is 1. The zero-order valence-corrected chi connectivity index (χ0v) is 24.5. The average Bonchev–Trinajstić information content (AvgIpc) is 3.21. The minimum atomic E-state index is -1.38. The molecule has 1 unspecified atom stereocenters. The van der Waals surface area contributed by atoms with Crippen molar-refractivity contribution in [1.29, 1.82) is 0 Å². The summed E-state index contributed by atoms with van der Waals surface area (Å²) < 4.78 is 22.8. The Morgan fingerprint density at radius 2 is 1.89 bits per heavy atom. The fraction of sp³-hybridized carbons (Fsp3) is 0.519. The van der Waals surface area contributed by atoms with E-state index < -0.39 is 11.0 Å². The van der Waals surface area contributed by atoms with Crippen LogP contribution in [-0.2, 0) is 17.4 Å². The van der Waals surface area contributed by atoms with Gasteiger partial charge in [-0.2, -0.15) is 0 Å². The molecule has 4 rings (SSSR count). The summed E-state index contributed by atoms with van der Waals surface area (Å²) >= 11 is 5.86. The molecule has 0 amide bonds. The monoisotopic (exact) mass is 563 g/mol. The number of halogens is 1. The minimum Gasteiger partial charge on any atom is -0.493 e.